The summed E-state index contributed by atoms with van der Waals surface area (Å²) < 4.78 is 5.98. The zero-order chi connectivity index (χ0) is 14.2. The minimum absolute atomic E-state index is 0.00907. The third-order valence-electron chi connectivity index (χ3n) is 3.97. The summed E-state index contributed by atoms with van der Waals surface area (Å²) >= 11 is 1.87. The number of hydrogen-bond acceptors (Lipinski definition) is 4. The highest BCUT2D eigenvalue weighted by Crippen LogP contribution is 2.43. The molecule has 2 aromatic carbocycles. The summed E-state index contributed by atoms with van der Waals surface area (Å²) in [5.41, 5.74) is 5.24. The molecule has 21 heavy (non-hydrogen) atoms. The Kier molecular flexibility index (Phi) is 3.22. The predicted molar refractivity (Wildman–Crippen MR) is 86.1 cm³/mol. The monoisotopic (exact) mass is 296 g/mol. The highest BCUT2D eigenvalue weighted by Gasteiger charge is 2.31. The van der Waals surface area contributed by atoms with Crippen LogP contribution in [0.1, 0.15) is 17.4 Å². The van der Waals surface area contributed by atoms with Crippen LogP contribution in [0.25, 0.3) is 11.0 Å². The van der Waals surface area contributed by atoms with Crippen molar-refractivity contribution in [3.05, 3.63) is 65.9 Å². The number of hydrogen-bond donors (Lipinski definition) is 2. The molecule has 0 amide bonds. The summed E-state index contributed by atoms with van der Waals surface area (Å²) in [7, 11) is 0. The van der Waals surface area contributed by atoms with Gasteiger partial charge in [-0.15, -0.1) is 11.8 Å². The van der Waals surface area contributed by atoms with Crippen LogP contribution in [0.3, 0.4) is 0 Å². The van der Waals surface area contributed by atoms with E-state index in [-0.39, 0.29) is 6.04 Å². The summed E-state index contributed by atoms with van der Waals surface area (Å²) in [6, 6.07) is 18.7. The van der Waals surface area contributed by atoms with E-state index in [1.165, 1.54) is 10.5 Å². The first-order chi connectivity index (χ1) is 10.3. The van der Waals surface area contributed by atoms with Crippen LogP contribution in [0.4, 0.5) is 0 Å². The van der Waals surface area contributed by atoms with E-state index in [2.05, 4.69) is 41.8 Å². The number of para-hydroxylation sites is 1. The Morgan fingerprint density at radius 1 is 1.14 bits per heavy atom. The van der Waals surface area contributed by atoms with Crippen LogP contribution in [0.15, 0.2) is 63.9 Å². The van der Waals surface area contributed by atoms with E-state index >= 15 is 0 Å². The van der Waals surface area contributed by atoms with Gasteiger partial charge in [-0.25, -0.2) is 5.43 Å². The summed E-state index contributed by atoms with van der Waals surface area (Å²) in [5.74, 6) is 6.72. The largest absolute Gasteiger partial charge is 0.459 e. The van der Waals surface area contributed by atoms with Gasteiger partial charge in [-0.3, -0.25) is 5.84 Å². The number of hydrazine groups is 1. The van der Waals surface area contributed by atoms with Crippen molar-refractivity contribution >= 4 is 22.7 Å². The number of furan rings is 1. The van der Waals surface area contributed by atoms with Gasteiger partial charge in [-0.05, 0) is 30.2 Å². The number of thioether (sulfide) groups is 1. The van der Waals surface area contributed by atoms with E-state index in [1.807, 2.05) is 30.0 Å². The third-order valence-corrected chi connectivity index (χ3v) is 5.37. The predicted octanol–water partition coefficient (Wildman–Crippen LogP) is 3.65. The topological polar surface area (TPSA) is 51.2 Å². The van der Waals surface area contributed by atoms with Crippen molar-refractivity contribution in [2.45, 2.75) is 22.6 Å². The fourth-order valence-corrected chi connectivity index (χ4v) is 4.32. The Balaban J connectivity index is 1.66. The Morgan fingerprint density at radius 2 is 1.95 bits per heavy atom. The Hall–Kier alpha value is -1.75. The van der Waals surface area contributed by atoms with Crippen LogP contribution >= 0.6 is 11.8 Å². The van der Waals surface area contributed by atoms with E-state index in [0.29, 0.717) is 5.25 Å². The molecule has 1 aromatic heterocycles. The van der Waals surface area contributed by atoms with E-state index in [1.54, 1.807) is 0 Å². The van der Waals surface area contributed by atoms with Crippen LogP contribution in [0.2, 0.25) is 0 Å². The first-order valence-corrected chi connectivity index (χ1v) is 7.92. The Morgan fingerprint density at radius 3 is 2.76 bits per heavy atom. The van der Waals surface area contributed by atoms with Crippen molar-refractivity contribution in [1.29, 1.82) is 0 Å². The van der Waals surface area contributed by atoms with E-state index in [9.17, 15) is 0 Å². The molecule has 0 bridgehead atoms. The molecule has 1 aliphatic heterocycles. The average molecular weight is 296 g/mol. The molecule has 4 heteroatoms. The second-order valence-electron chi connectivity index (χ2n) is 5.30. The maximum absolute atomic E-state index is 5.98. The molecular weight excluding hydrogens is 280 g/mol. The van der Waals surface area contributed by atoms with Gasteiger partial charge in [0.1, 0.15) is 11.3 Å². The molecular formula is C17H16N2OS. The number of benzene rings is 2. The summed E-state index contributed by atoms with van der Waals surface area (Å²) in [5, 5.41) is 1.47. The smallest absolute Gasteiger partial charge is 0.134 e. The first-order valence-electron chi connectivity index (χ1n) is 7.04. The highest BCUT2D eigenvalue weighted by atomic mass is 32.2. The molecule has 1 aliphatic rings. The first kappa shape index (κ1) is 13.0. The average Bonchev–Trinajstić information content (AvgIpc) is 3.11. The van der Waals surface area contributed by atoms with E-state index in [0.717, 1.165) is 23.2 Å². The van der Waals surface area contributed by atoms with Gasteiger partial charge < -0.3 is 4.42 Å². The standard InChI is InChI=1S/C17H16N2OS/c18-19-17(14-9-11-5-1-3-7-13(11)20-14)16-10-12-6-2-4-8-15(12)21-16/h1-9,16-17,19H,10,18H2. The Labute approximate surface area is 127 Å². The lowest BCUT2D eigenvalue weighted by molar-refractivity contribution is 0.426. The molecule has 3 aromatic rings. The lowest BCUT2D eigenvalue weighted by atomic mass is 10.0. The van der Waals surface area contributed by atoms with Crippen molar-refractivity contribution in [2.75, 3.05) is 0 Å². The van der Waals surface area contributed by atoms with Gasteiger partial charge >= 0.3 is 0 Å². The maximum atomic E-state index is 5.98. The zero-order valence-electron chi connectivity index (χ0n) is 11.5. The number of fused-ring (bicyclic) bond motifs is 2. The molecule has 0 saturated heterocycles. The fraction of sp³-hybridized carbons (Fsp3) is 0.176. The number of nitrogens with one attached hydrogen (secondary N) is 1. The molecule has 0 saturated carbocycles. The third kappa shape index (κ3) is 2.25. The minimum atomic E-state index is 0.00907. The second-order valence-corrected chi connectivity index (χ2v) is 6.58. The molecule has 3 nitrogen and oxygen atoms in total. The molecule has 0 spiro atoms. The SMILES string of the molecule is NNC(c1cc2ccccc2o1)C1Cc2ccccc2S1. The number of nitrogens with two attached hydrogens (primary N) is 1. The van der Waals surface area contributed by atoms with Gasteiger partial charge in [0, 0.05) is 15.5 Å². The normalized spacial score (nSPS) is 18.8. The molecule has 106 valence electrons. The number of rotatable bonds is 3. The van der Waals surface area contributed by atoms with Crippen LogP contribution in [0, 0.1) is 0 Å². The highest BCUT2D eigenvalue weighted by molar-refractivity contribution is 8.00. The van der Waals surface area contributed by atoms with Gasteiger partial charge in [0.15, 0.2) is 0 Å². The van der Waals surface area contributed by atoms with Gasteiger partial charge in [-0.2, -0.15) is 0 Å². The molecule has 4 rings (SSSR count). The molecule has 2 atom stereocenters. The summed E-state index contributed by atoms with van der Waals surface area (Å²) in [6.07, 6.45) is 1.01. The van der Waals surface area contributed by atoms with Crippen LogP contribution < -0.4 is 11.3 Å². The van der Waals surface area contributed by atoms with Gasteiger partial charge in [-0.1, -0.05) is 36.4 Å². The molecule has 3 N–H and O–H groups in total. The van der Waals surface area contributed by atoms with Crippen molar-refractivity contribution in [3.63, 3.8) is 0 Å². The van der Waals surface area contributed by atoms with Crippen molar-refractivity contribution in [1.82, 2.24) is 5.43 Å². The van der Waals surface area contributed by atoms with Crippen molar-refractivity contribution < 1.29 is 4.42 Å². The maximum Gasteiger partial charge on any atom is 0.134 e. The van der Waals surface area contributed by atoms with Crippen molar-refractivity contribution in [3.8, 4) is 0 Å². The molecule has 2 heterocycles. The fourth-order valence-electron chi connectivity index (χ4n) is 2.92. The second kappa shape index (κ2) is 5.22. The molecule has 0 aliphatic carbocycles. The van der Waals surface area contributed by atoms with Crippen LogP contribution in [0.5, 0.6) is 0 Å². The van der Waals surface area contributed by atoms with Gasteiger partial charge in [0.05, 0.1) is 6.04 Å². The summed E-state index contributed by atoms with van der Waals surface area (Å²) in [6.45, 7) is 0. The zero-order valence-corrected chi connectivity index (χ0v) is 12.3. The Bertz CT molecular complexity index is 725. The lowest BCUT2D eigenvalue weighted by Gasteiger charge is -2.19. The van der Waals surface area contributed by atoms with Crippen molar-refractivity contribution in [2.24, 2.45) is 5.84 Å². The van der Waals surface area contributed by atoms with Gasteiger partial charge in [0.2, 0.25) is 0 Å². The molecule has 2 unspecified atom stereocenters. The van der Waals surface area contributed by atoms with Crippen LogP contribution in [-0.4, -0.2) is 5.25 Å². The van der Waals surface area contributed by atoms with E-state index < -0.39 is 0 Å². The quantitative estimate of drug-likeness (QED) is 0.572. The lowest BCUT2D eigenvalue weighted by Crippen LogP contribution is -2.34. The summed E-state index contributed by atoms with van der Waals surface area (Å²) in [4.78, 5) is 1.35. The molecule has 0 radical (unpaired) electrons. The van der Waals surface area contributed by atoms with Crippen LogP contribution in [-0.2, 0) is 6.42 Å². The van der Waals surface area contributed by atoms with E-state index in [4.69, 9.17) is 10.3 Å². The molecule has 0 fully saturated rings. The van der Waals surface area contributed by atoms with Gasteiger partial charge in [0.25, 0.3) is 0 Å². The minimum Gasteiger partial charge on any atom is -0.459 e.